The van der Waals surface area contributed by atoms with Gasteiger partial charge in [0.1, 0.15) is 10.8 Å². The van der Waals surface area contributed by atoms with Gasteiger partial charge in [-0.25, -0.2) is 18.0 Å². The van der Waals surface area contributed by atoms with Crippen molar-refractivity contribution < 1.29 is 27.8 Å². The number of nitrogens with zero attached hydrogens (tertiary/aromatic N) is 1. The van der Waals surface area contributed by atoms with Gasteiger partial charge in [-0.15, -0.1) is 11.8 Å². The lowest BCUT2D eigenvalue weighted by Gasteiger charge is -2.30. The maximum Gasteiger partial charge on any atom is 0.511 e. The third-order valence-electron chi connectivity index (χ3n) is 4.67. The molecule has 3 rings (SSSR count). The molecule has 1 N–H and O–H groups in total. The predicted octanol–water partition coefficient (Wildman–Crippen LogP) is 6.28. The zero-order valence-corrected chi connectivity index (χ0v) is 17.7. The molecule has 2 aromatic carbocycles. The van der Waals surface area contributed by atoms with Gasteiger partial charge in [0.05, 0.1) is 0 Å². The van der Waals surface area contributed by atoms with E-state index in [0.29, 0.717) is 18.1 Å². The van der Waals surface area contributed by atoms with Gasteiger partial charge < -0.3 is 14.7 Å². The summed E-state index contributed by atoms with van der Waals surface area (Å²) in [6.45, 7) is 2.95. The van der Waals surface area contributed by atoms with Crippen LogP contribution in [0.25, 0.3) is 0 Å². The Kier molecular flexibility index (Phi) is 7.33. The van der Waals surface area contributed by atoms with Gasteiger partial charge >= 0.3 is 6.16 Å². The molecule has 1 heterocycles. The van der Waals surface area contributed by atoms with Crippen LogP contribution in [0, 0.1) is 12.7 Å². The Hall–Kier alpha value is -2.87. The topological polar surface area (TPSA) is 49.8 Å². The number of thioether (sulfide) groups is 1. The number of rotatable bonds is 8. The minimum Gasteiger partial charge on any atom is -0.449 e. The summed E-state index contributed by atoms with van der Waals surface area (Å²) in [5.74, 6) is -3.58. The van der Waals surface area contributed by atoms with E-state index in [2.05, 4.69) is 0 Å². The molecule has 1 aliphatic rings. The van der Waals surface area contributed by atoms with Crippen molar-refractivity contribution >= 4 is 17.9 Å². The van der Waals surface area contributed by atoms with Crippen LogP contribution in [0.3, 0.4) is 0 Å². The first-order chi connectivity index (χ1) is 14.7. The largest absolute Gasteiger partial charge is 0.511 e. The zero-order valence-electron chi connectivity index (χ0n) is 16.9. The minimum atomic E-state index is -3.14. The second kappa shape index (κ2) is 9.96. The standard InChI is InChI=1S/C23H22F3NO3S/c1-16-4-2-5-17(14-16)15-27-12-3-6-20(30-22(28)29)21(27)31-13-11-23(25,26)18-7-9-19(24)10-8-18/h2-10,14H,11-13,15H2,1H3,(H,28,29). The molecule has 4 nitrogen and oxygen atoms in total. The van der Waals surface area contributed by atoms with E-state index >= 15 is 0 Å². The fourth-order valence-corrected chi connectivity index (χ4v) is 4.34. The number of alkyl halides is 2. The Morgan fingerprint density at radius 1 is 1.23 bits per heavy atom. The first-order valence-electron chi connectivity index (χ1n) is 9.63. The maximum atomic E-state index is 14.5. The molecule has 0 aliphatic carbocycles. The molecule has 0 fully saturated rings. The third kappa shape index (κ3) is 6.30. The van der Waals surface area contributed by atoms with E-state index in [1.807, 2.05) is 36.1 Å². The van der Waals surface area contributed by atoms with Crippen molar-refractivity contribution in [2.75, 3.05) is 12.3 Å². The number of carboxylic acid groups (broad SMARTS) is 1. The summed E-state index contributed by atoms with van der Waals surface area (Å²) >= 11 is 1.12. The van der Waals surface area contributed by atoms with Gasteiger partial charge in [0.2, 0.25) is 0 Å². The van der Waals surface area contributed by atoms with Crippen LogP contribution in [0.1, 0.15) is 23.1 Å². The van der Waals surface area contributed by atoms with Crippen molar-refractivity contribution in [2.24, 2.45) is 0 Å². The van der Waals surface area contributed by atoms with Crippen LogP contribution in [-0.2, 0) is 17.2 Å². The summed E-state index contributed by atoms with van der Waals surface area (Å²) in [6.07, 6.45) is 1.36. The molecule has 0 saturated carbocycles. The molecule has 0 aromatic heterocycles. The number of halogens is 3. The molecule has 164 valence electrons. The number of aryl methyl sites for hydroxylation is 1. The summed E-state index contributed by atoms with van der Waals surface area (Å²) in [4.78, 5) is 13.0. The van der Waals surface area contributed by atoms with E-state index in [-0.39, 0.29) is 17.1 Å². The lowest BCUT2D eigenvalue weighted by Crippen LogP contribution is -2.26. The number of hydrogen-bond donors (Lipinski definition) is 1. The number of ether oxygens (including phenoxy) is 1. The van der Waals surface area contributed by atoms with E-state index in [0.717, 1.165) is 47.2 Å². The normalized spacial score (nSPS) is 14.1. The second-order valence-electron chi connectivity index (χ2n) is 7.12. The maximum absolute atomic E-state index is 14.5. The SMILES string of the molecule is Cc1cccc(CN2CC=CC(OC(=O)O)=C2SCCC(F)(F)c2ccc(F)cc2)c1. The Morgan fingerprint density at radius 3 is 2.65 bits per heavy atom. The van der Waals surface area contributed by atoms with Crippen LogP contribution in [0.5, 0.6) is 0 Å². The van der Waals surface area contributed by atoms with Crippen LogP contribution in [-0.4, -0.2) is 28.5 Å². The van der Waals surface area contributed by atoms with E-state index in [1.165, 1.54) is 0 Å². The highest BCUT2D eigenvalue weighted by Crippen LogP contribution is 2.36. The van der Waals surface area contributed by atoms with Crippen molar-refractivity contribution in [3.8, 4) is 0 Å². The van der Waals surface area contributed by atoms with Crippen molar-refractivity contribution in [2.45, 2.75) is 25.8 Å². The second-order valence-corrected chi connectivity index (χ2v) is 8.20. The average molecular weight is 449 g/mol. The number of hydrogen-bond acceptors (Lipinski definition) is 4. The van der Waals surface area contributed by atoms with Crippen LogP contribution >= 0.6 is 11.8 Å². The van der Waals surface area contributed by atoms with E-state index in [1.54, 1.807) is 12.2 Å². The third-order valence-corrected chi connectivity index (χ3v) is 5.81. The first kappa shape index (κ1) is 22.8. The van der Waals surface area contributed by atoms with Gasteiger partial charge in [-0.1, -0.05) is 48.0 Å². The fourth-order valence-electron chi connectivity index (χ4n) is 3.21. The van der Waals surface area contributed by atoms with E-state index in [9.17, 15) is 18.0 Å². The molecule has 0 bridgehead atoms. The smallest absolute Gasteiger partial charge is 0.449 e. The number of carbonyl (C=O) groups is 1. The number of benzene rings is 2. The Morgan fingerprint density at radius 2 is 1.97 bits per heavy atom. The molecule has 0 spiro atoms. The van der Waals surface area contributed by atoms with Gasteiger partial charge in [0, 0.05) is 30.8 Å². The van der Waals surface area contributed by atoms with E-state index < -0.39 is 24.3 Å². The zero-order chi connectivity index (χ0) is 22.4. The minimum absolute atomic E-state index is 0.0182. The summed E-state index contributed by atoms with van der Waals surface area (Å²) < 4.78 is 47.0. The summed E-state index contributed by atoms with van der Waals surface area (Å²) in [6, 6.07) is 12.0. The number of allylic oxidation sites excluding steroid dienone is 1. The van der Waals surface area contributed by atoms with Crippen molar-refractivity contribution in [1.82, 2.24) is 4.90 Å². The molecule has 0 radical (unpaired) electrons. The van der Waals surface area contributed by atoms with Crippen LogP contribution in [0.15, 0.2) is 71.5 Å². The molecule has 0 amide bonds. The van der Waals surface area contributed by atoms with Crippen molar-refractivity contribution in [3.63, 3.8) is 0 Å². The van der Waals surface area contributed by atoms with Gasteiger partial charge in [0.15, 0.2) is 5.76 Å². The molecular weight excluding hydrogens is 427 g/mol. The predicted molar refractivity (Wildman–Crippen MR) is 114 cm³/mol. The average Bonchev–Trinajstić information content (AvgIpc) is 2.70. The van der Waals surface area contributed by atoms with Crippen LogP contribution < -0.4 is 0 Å². The van der Waals surface area contributed by atoms with Gasteiger partial charge in [-0.2, -0.15) is 0 Å². The Labute approximate surface area is 183 Å². The lowest BCUT2D eigenvalue weighted by molar-refractivity contribution is -0.00708. The highest BCUT2D eigenvalue weighted by atomic mass is 32.2. The summed E-state index contributed by atoms with van der Waals surface area (Å²) in [7, 11) is 0. The Bertz CT molecular complexity index is 990. The molecule has 8 heteroatoms. The summed E-state index contributed by atoms with van der Waals surface area (Å²) in [5, 5.41) is 9.54. The molecule has 0 saturated heterocycles. The fraction of sp³-hybridized carbons (Fsp3) is 0.261. The molecule has 1 aliphatic heterocycles. The molecule has 0 unspecified atom stereocenters. The Balaban J connectivity index is 1.75. The highest BCUT2D eigenvalue weighted by Gasteiger charge is 2.32. The first-order valence-corrected chi connectivity index (χ1v) is 10.6. The van der Waals surface area contributed by atoms with Crippen LogP contribution in [0.4, 0.5) is 18.0 Å². The van der Waals surface area contributed by atoms with Gasteiger partial charge in [0.25, 0.3) is 5.92 Å². The van der Waals surface area contributed by atoms with Crippen molar-refractivity contribution in [1.29, 1.82) is 0 Å². The molecular formula is C23H22F3NO3S. The van der Waals surface area contributed by atoms with Crippen molar-refractivity contribution in [3.05, 3.63) is 94.0 Å². The monoisotopic (exact) mass is 449 g/mol. The van der Waals surface area contributed by atoms with E-state index in [4.69, 9.17) is 9.84 Å². The quantitative estimate of drug-likeness (QED) is 0.481. The van der Waals surface area contributed by atoms with Crippen LogP contribution in [0.2, 0.25) is 0 Å². The lowest BCUT2D eigenvalue weighted by atomic mass is 10.1. The van der Waals surface area contributed by atoms with Gasteiger partial charge in [-0.3, -0.25) is 0 Å². The summed E-state index contributed by atoms with van der Waals surface area (Å²) in [5.41, 5.74) is 1.84. The molecule has 0 atom stereocenters. The molecule has 31 heavy (non-hydrogen) atoms. The molecule has 2 aromatic rings. The van der Waals surface area contributed by atoms with Gasteiger partial charge in [-0.05, 0) is 30.7 Å². The highest BCUT2D eigenvalue weighted by molar-refractivity contribution is 8.03.